The average molecular weight is 404 g/mol. The smallest absolute Gasteiger partial charge is 0.258 e. The molecule has 0 heterocycles. The third-order valence-corrected chi connectivity index (χ3v) is 5.31. The zero-order chi connectivity index (χ0) is 17.7. The zero-order valence-electron chi connectivity index (χ0n) is 12.6. The lowest BCUT2D eigenvalue weighted by molar-refractivity contribution is 0.575. The lowest BCUT2D eigenvalue weighted by Gasteiger charge is -2.18. The highest BCUT2D eigenvalue weighted by Crippen LogP contribution is 2.24. The molecule has 5 nitrogen and oxygen atoms in total. The Kier molecular flexibility index (Phi) is 6.42. The molecule has 0 spiro atoms. The number of rotatable bonds is 5. The molecule has 3 N–H and O–H groups in total. The molecular formula is C15H15Cl2N3O2S2. The van der Waals surface area contributed by atoms with Gasteiger partial charge in [-0.2, -0.15) is 0 Å². The minimum absolute atomic E-state index is 0.0604. The summed E-state index contributed by atoms with van der Waals surface area (Å²) in [5.41, 5.74) is 3.47. The summed E-state index contributed by atoms with van der Waals surface area (Å²) in [6.45, 7) is 1.91. The van der Waals surface area contributed by atoms with Gasteiger partial charge in [0.1, 0.15) is 4.90 Å². The van der Waals surface area contributed by atoms with Crippen molar-refractivity contribution in [3.63, 3.8) is 0 Å². The second kappa shape index (κ2) is 8.13. The lowest BCUT2D eigenvalue weighted by atomic mass is 10.1. The summed E-state index contributed by atoms with van der Waals surface area (Å²) >= 11 is 16.8. The molecule has 0 aliphatic rings. The van der Waals surface area contributed by atoms with Gasteiger partial charge in [0.15, 0.2) is 5.11 Å². The van der Waals surface area contributed by atoms with Crippen LogP contribution in [0.4, 0.5) is 0 Å². The Balaban J connectivity index is 1.99. The van der Waals surface area contributed by atoms with E-state index in [1.807, 2.05) is 37.3 Å². The number of halogens is 2. The summed E-state index contributed by atoms with van der Waals surface area (Å²) in [5, 5.41) is 3.44. The first-order valence-corrected chi connectivity index (χ1v) is 9.52. The predicted molar refractivity (Wildman–Crippen MR) is 101 cm³/mol. The maximum absolute atomic E-state index is 12.3. The number of hydrazine groups is 1. The minimum atomic E-state index is -3.91. The molecule has 0 bridgehead atoms. The number of sulfonamides is 1. The molecule has 0 saturated heterocycles. The van der Waals surface area contributed by atoms with Crippen molar-refractivity contribution in [3.8, 4) is 0 Å². The zero-order valence-corrected chi connectivity index (χ0v) is 15.7. The molecule has 2 aromatic carbocycles. The van der Waals surface area contributed by atoms with Crippen LogP contribution in [-0.2, 0) is 10.0 Å². The summed E-state index contributed by atoms with van der Waals surface area (Å²) < 4.78 is 24.5. The Morgan fingerprint density at radius 1 is 1.12 bits per heavy atom. The SMILES string of the molecule is C[C@H](NC(=S)NNS(=O)(=O)c1cc(Cl)ccc1Cl)c1ccccc1. The summed E-state index contributed by atoms with van der Waals surface area (Å²) in [4.78, 5) is 2.04. The maximum atomic E-state index is 12.3. The molecule has 0 aliphatic heterocycles. The van der Waals surface area contributed by atoms with Crippen LogP contribution in [0.5, 0.6) is 0 Å². The molecule has 0 aliphatic carbocycles. The Hall–Kier alpha value is -1.38. The van der Waals surface area contributed by atoms with Gasteiger partial charge in [0.2, 0.25) is 0 Å². The Morgan fingerprint density at radius 2 is 1.79 bits per heavy atom. The average Bonchev–Trinajstić information content (AvgIpc) is 2.56. The monoisotopic (exact) mass is 403 g/mol. The van der Waals surface area contributed by atoms with E-state index in [0.29, 0.717) is 0 Å². The van der Waals surface area contributed by atoms with E-state index in [1.54, 1.807) is 0 Å². The molecule has 1 atom stereocenters. The van der Waals surface area contributed by atoms with Gasteiger partial charge in [-0.15, -0.1) is 4.83 Å². The van der Waals surface area contributed by atoms with Gasteiger partial charge in [-0.05, 0) is 42.9 Å². The molecule has 128 valence electrons. The van der Waals surface area contributed by atoms with Crippen LogP contribution in [0.15, 0.2) is 53.4 Å². The van der Waals surface area contributed by atoms with E-state index in [2.05, 4.69) is 15.6 Å². The first-order chi connectivity index (χ1) is 11.3. The Labute approximate surface area is 156 Å². The molecule has 0 radical (unpaired) electrons. The first-order valence-electron chi connectivity index (χ1n) is 6.88. The number of thiocarbonyl (C=S) groups is 1. The van der Waals surface area contributed by atoms with Gasteiger partial charge in [0, 0.05) is 5.02 Å². The van der Waals surface area contributed by atoms with Crippen LogP contribution >= 0.6 is 35.4 Å². The van der Waals surface area contributed by atoms with Crippen LogP contribution < -0.4 is 15.6 Å². The van der Waals surface area contributed by atoms with Crippen LogP contribution in [-0.4, -0.2) is 13.5 Å². The standard InChI is InChI=1S/C15H15Cl2N3O2S2/c1-10(11-5-3-2-4-6-11)18-15(23)19-20-24(21,22)14-9-12(16)7-8-13(14)17/h2-10,20H,1H3,(H2,18,19,23)/t10-/m0/s1. The van der Waals surface area contributed by atoms with Crippen molar-refractivity contribution >= 4 is 50.6 Å². The van der Waals surface area contributed by atoms with E-state index in [9.17, 15) is 8.42 Å². The molecule has 9 heteroatoms. The fourth-order valence-corrected chi connectivity index (χ4v) is 3.81. The van der Waals surface area contributed by atoms with Crippen molar-refractivity contribution in [2.24, 2.45) is 0 Å². The number of benzene rings is 2. The summed E-state index contributed by atoms with van der Waals surface area (Å²) in [6, 6.07) is 13.7. The van der Waals surface area contributed by atoms with Gasteiger partial charge < -0.3 is 5.32 Å². The second-order valence-electron chi connectivity index (χ2n) is 4.91. The fourth-order valence-electron chi connectivity index (χ4n) is 1.91. The third-order valence-electron chi connectivity index (χ3n) is 3.13. The molecule has 2 rings (SSSR count). The van der Waals surface area contributed by atoms with Gasteiger partial charge in [-0.3, -0.25) is 5.43 Å². The number of hydrogen-bond donors (Lipinski definition) is 3. The maximum Gasteiger partial charge on any atom is 0.258 e. The molecular weight excluding hydrogens is 389 g/mol. The van der Waals surface area contributed by atoms with Gasteiger partial charge in [-0.1, -0.05) is 53.5 Å². The van der Waals surface area contributed by atoms with Gasteiger partial charge in [0.25, 0.3) is 10.0 Å². The summed E-state index contributed by atoms with van der Waals surface area (Å²) in [5.74, 6) is 0. The first kappa shape index (κ1) is 19.0. The van der Waals surface area contributed by atoms with Crippen molar-refractivity contribution in [1.82, 2.24) is 15.6 Å². The quantitative estimate of drug-likeness (QED) is 0.526. The largest absolute Gasteiger partial charge is 0.355 e. The van der Waals surface area contributed by atoms with E-state index in [4.69, 9.17) is 35.4 Å². The van der Waals surface area contributed by atoms with Crippen LogP contribution in [0, 0.1) is 0 Å². The van der Waals surface area contributed by atoms with E-state index >= 15 is 0 Å². The minimum Gasteiger partial charge on any atom is -0.355 e. The van der Waals surface area contributed by atoms with Crippen molar-refractivity contribution in [1.29, 1.82) is 0 Å². The normalized spacial score (nSPS) is 12.5. The van der Waals surface area contributed by atoms with E-state index in [1.165, 1.54) is 18.2 Å². The van der Waals surface area contributed by atoms with Crippen LogP contribution in [0.2, 0.25) is 10.0 Å². The lowest BCUT2D eigenvalue weighted by Crippen LogP contribution is -2.47. The van der Waals surface area contributed by atoms with Crippen LogP contribution in [0.1, 0.15) is 18.5 Å². The van der Waals surface area contributed by atoms with E-state index in [-0.39, 0.29) is 26.1 Å². The molecule has 2 aromatic rings. The molecule has 24 heavy (non-hydrogen) atoms. The summed E-state index contributed by atoms with van der Waals surface area (Å²) in [7, 11) is -3.91. The highest BCUT2D eigenvalue weighted by atomic mass is 35.5. The van der Waals surface area contributed by atoms with E-state index in [0.717, 1.165) is 5.56 Å². The molecule has 0 aromatic heterocycles. The number of nitrogens with one attached hydrogen (secondary N) is 3. The van der Waals surface area contributed by atoms with Gasteiger partial charge in [-0.25, -0.2) is 8.42 Å². The van der Waals surface area contributed by atoms with Crippen LogP contribution in [0.25, 0.3) is 0 Å². The second-order valence-corrected chi connectivity index (χ2v) is 7.81. The third kappa shape index (κ3) is 5.06. The molecule has 0 fully saturated rings. The van der Waals surface area contributed by atoms with Crippen molar-refractivity contribution < 1.29 is 8.42 Å². The highest BCUT2D eigenvalue weighted by molar-refractivity contribution is 7.89. The molecule has 0 unspecified atom stereocenters. The predicted octanol–water partition coefficient (Wildman–Crippen LogP) is 3.41. The number of hydrogen-bond acceptors (Lipinski definition) is 3. The van der Waals surface area contributed by atoms with Crippen molar-refractivity contribution in [3.05, 3.63) is 64.1 Å². The topological polar surface area (TPSA) is 70.2 Å². The molecule has 0 amide bonds. The molecule has 0 saturated carbocycles. The van der Waals surface area contributed by atoms with E-state index < -0.39 is 10.0 Å². The van der Waals surface area contributed by atoms with Crippen molar-refractivity contribution in [2.45, 2.75) is 17.9 Å². The van der Waals surface area contributed by atoms with Crippen molar-refractivity contribution in [2.75, 3.05) is 0 Å². The Bertz CT molecular complexity index is 830. The van der Waals surface area contributed by atoms with Crippen LogP contribution in [0.3, 0.4) is 0 Å². The fraction of sp³-hybridized carbons (Fsp3) is 0.133. The van der Waals surface area contributed by atoms with Gasteiger partial charge >= 0.3 is 0 Å². The van der Waals surface area contributed by atoms with Gasteiger partial charge in [0.05, 0.1) is 11.1 Å². The Morgan fingerprint density at radius 3 is 2.46 bits per heavy atom. The summed E-state index contributed by atoms with van der Waals surface area (Å²) in [6.07, 6.45) is 0. The highest BCUT2D eigenvalue weighted by Gasteiger charge is 2.19.